The molecule has 0 aliphatic carbocycles. The molecule has 0 spiro atoms. The summed E-state index contributed by atoms with van der Waals surface area (Å²) in [5.41, 5.74) is 0.779. The van der Waals surface area contributed by atoms with Gasteiger partial charge in [-0.15, -0.1) is 0 Å². The molecule has 1 aromatic carbocycles. The molecule has 3 unspecified atom stereocenters. The minimum atomic E-state index is -0.109. The maximum atomic E-state index is 14.0. The van der Waals surface area contributed by atoms with E-state index in [-0.39, 0.29) is 5.82 Å². The van der Waals surface area contributed by atoms with E-state index in [1.165, 1.54) is 0 Å². The van der Waals surface area contributed by atoms with Gasteiger partial charge >= 0.3 is 0 Å². The van der Waals surface area contributed by atoms with Gasteiger partial charge in [0, 0.05) is 41.8 Å². The highest BCUT2D eigenvalue weighted by Gasteiger charge is 2.29. The summed E-state index contributed by atoms with van der Waals surface area (Å²) in [5, 5.41) is 3.54. The Morgan fingerprint density at radius 3 is 2.95 bits per heavy atom. The Morgan fingerprint density at radius 2 is 2.25 bits per heavy atom. The lowest BCUT2D eigenvalue weighted by molar-refractivity contribution is 0.0874. The first-order valence-corrected chi connectivity index (χ1v) is 8.22. The molecule has 20 heavy (non-hydrogen) atoms. The van der Waals surface area contributed by atoms with Crippen LogP contribution in [0.5, 0.6) is 0 Å². The second-order valence-corrected chi connectivity index (χ2v) is 6.84. The first-order chi connectivity index (χ1) is 9.51. The normalized spacial score (nSPS) is 25.6. The van der Waals surface area contributed by atoms with Crippen LogP contribution in [0.2, 0.25) is 0 Å². The fourth-order valence-corrected chi connectivity index (χ4v) is 3.31. The van der Waals surface area contributed by atoms with E-state index >= 15 is 0 Å². The van der Waals surface area contributed by atoms with Crippen LogP contribution in [0.15, 0.2) is 22.7 Å². The average molecular weight is 343 g/mol. The fraction of sp³-hybridized carbons (Fsp3) is 0.625. The number of piperazine rings is 1. The summed E-state index contributed by atoms with van der Waals surface area (Å²) in [4.78, 5) is 2.43. The SMILES string of the molecule is CCC(C)C1CNC(C)CN1Cc1cc(Br)ccc1F. The first-order valence-electron chi connectivity index (χ1n) is 7.42. The highest BCUT2D eigenvalue weighted by atomic mass is 79.9. The van der Waals surface area contributed by atoms with Crippen molar-refractivity contribution < 1.29 is 4.39 Å². The third-order valence-corrected chi connectivity index (χ3v) is 4.83. The van der Waals surface area contributed by atoms with Gasteiger partial charge in [0.2, 0.25) is 0 Å². The van der Waals surface area contributed by atoms with E-state index in [1.54, 1.807) is 12.1 Å². The summed E-state index contributed by atoms with van der Waals surface area (Å²) in [6.07, 6.45) is 1.15. The maximum Gasteiger partial charge on any atom is 0.127 e. The minimum Gasteiger partial charge on any atom is -0.311 e. The van der Waals surface area contributed by atoms with Crippen LogP contribution in [0.4, 0.5) is 4.39 Å². The Balaban J connectivity index is 2.16. The van der Waals surface area contributed by atoms with Gasteiger partial charge in [-0.25, -0.2) is 4.39 Å². The molecule has 112 valence electrons. The van der Waals surface area contributed by atoms with Gasteiger partial charge in [-0.05, 0) is 31.0 Å². The standard InChI is InChI=1S/C16H24BrFN2/c1-4-11(2)16-8-19-12(3)9-20(16)10-13-7-14(17)5-6-15(13)18/h5-7,11-12,16,19H,4,8-10H2,1-3H3. The van der Waals surface area contributed by atoms with Gasteiger partial charge in [0.05, 0.1) is 0 Å². The summed E-state index contributed by atoms with van der Waals surface area (Å²) in [7, 11) is 0. The summed E-state index contributed by atoms with van der Waals surface area (Å²) in [6, 6.07) is 6.14. The minimum absolute atomic E-state index is 0.109. The number of hydrogen-bond donors (Lipinski definition) is 1. The molecule has 3 atom stereocenters. The zero-order valence-corrected chi connectivity index (χ0v) is 14.1. The highest BCUT2D eigenvalue weighted by Crippen LogP contribution is 2.23. The van der Waals surface area contributed by atoms with Gasteiger partial charge in [-0.3, -0.25) is 4.90 Å². The number of halogens is 2. The molecule has 1 fully saturated rings. The Hall–Kier alpha value is -0.450. The lowest BCUT2D eigenvalue weighted by Crippen LogP contribution is -2.57. The molecule has 0 saturated carbocycles. The summed E-state index contributed by atoms with van der Waals surface area (Å²) in [6.45, 7) is 9.35. The van der Waals surface area contributed by atoms with Crippen molar-refractivity contribution in [3.05, 3.63) is 34.1 Å². The van der Waals surface area contributed by atoms with Crippen molar-refractivity contribution in [2.24, 2.45) is 5.92 Å². The van der Waals surface area contributed by atoms with Crippen molar-refractivity contribution in [3.63, 3.8) is 0 Å². The van der Waals surface area contributed by atoms with Crippen LogP contribution in [0.25, 0.3) is 0 Å². The average Bonchev–Trinajstić information content (AvgIpc) is 2.42. The quantitative estimate of drug-likeness (QED) is 0.895. The van der Waals surface area contributed by atoms with Crippen LogP contribution in [0, 0.1) is 11.7 Å². The third kappa shape index (κ3) is 3.80. The molecule has 0 aromatic heterocycles. The van der Waals surface area contributed by atoms with Crippen LogP contribution in [-0.2, 0) is 6.54 Å². The molecule has 2 nitrogen and oxygen atoms in total. The topological polar surface area (TPSA) is 15.3 Å². The molecule has 1 saturated heterocycles. The van der Waals surface area contributed by atoms with Crippen LogP contribution in [0.1, 0.15) is 32.8 Å². The first kappa shape index (κ1) is 15.9. The van der Waals surface area contributed by atoms with E-state index in [2.05, 4.69) is 46.9 Å². The van der Waals surface area contributed by atoms with Crippen molar-refractivity contribution in [1.82, 2.24) is 10.2 Å². The lowest BCUT2D eigenvalue weighted by Gasteiger charge is -2.42. The van der Waals surface area contributed by atoms with Crippen LogP contribution < -0.4 is 5.32 Å². The molecule has 1 aliphatic heterocycles. The molecule has 0 bridgehead atoms. The van der Waals surface area contributed by atoms with Gasteiger partial charge in [0.25, 0.3) is 0 Å². The smallest absolute Gasteiger partial charge is 0.127 e. The second kappa shape index (κ2) is 7.01. The monoisotopic (exact) mass is 342 g/mol. The van der Waals surface area contributed by atoms with Gasteiger partial charge < -0.3 is 5.32 Å². The summed E-state index contributed by atoms with van der Waals surface area (Å²) in [5.74, 6) is 0.507. The highest BCUT2D eigenvalue weighted by molar-refractivity contribution is 9.10. The van der Waals surface area contributed by atoms with E-state index in [1.807, 2.05) is 6.07 Å². The van der Waals surface area contributed by atoms with Gasteiger partial charge in [-0.1, -0.05) is 36.2 Å². The number of nitrogens with zero attached hydrogens (tertiary/aromatic N) is 1. The predicted octanol–water partition coefficient (Wildman–Crippen LogP) is 3.80. The lowest BCUT2D eigenvalue weighted by atomic mass is 9.94. The van der Waals surface area contributed by atoms with E-state index in [0.717, 1.165) is 29.5 Å². The molecule has 1 aliphatic rings. The number of benzene rings is 1. The van der Waals surface area contributed by atoms with Gasteiger partial charge in [0.1, 0.15) is 5.82 Å². The van der Waals surface area contributed by atoms with Crippen molar-refractivity contribution in [2.45, 2.75) is 45.8 Å². The van der Waals surface area contributed by atoms with E-state index in [0.29, 0.717) is 24.5 Å². The zero-order valence-electron chi connectivity index (χ0n) is 12.5. The van der Waals surface area contributed by atoms with Crippen LogP contribution in [-0.4, -0.2) is 30.1 Å². The Kier molecular flexibility index (Phi) is 5.58. The Labute approximate surface area is 129 Å². The molecule has 1 aromatic rings. The molecule has 1 N–H and O–H groups in total. The van der Waals surface area contributed by atoms with Crippen molar-refractivity contribution >= 4 is 15.9 Å². The molecule has 0 amide bonds. The van der Waals surface area contributed by atoms with E-state index in [9.17, 15) is 4.39 Å². The largest absolute Gasteiger partial charge is 0.311 e. The molecule has 2 rings (SSSR count). The van der Waals surface area contributed by atoms with Crippen LogP contribution >= 0.6 is 15.9 Å². The van der Waals surface area contributed by atoms with Crippen molar-refractivity contribution in [3.8, 4) is 0 Å². The molecule has 4 heteroatoms. The fourth-order valence-electron chi connectivity index (χ4n) is 2.90. The predicted molar refractivity (Wildman–Crippen MR) is 85.2 cm³/mol. The van der Waals surface area contributed by atoms with Crippen molar-refractivity contribution in [1.29, 1.82) is 0 Å². The van der Waals surface area contributed by atoms with Crippen LogP contribution in [0.3, 0.4) is 0 Å². The number of hydrogen-bond acceptors (Lipinski definition) is 2. The van der Waals surface area contributed by atoms with E-state index in [4.69, 9.17) is 0 Å². The second-order valence-electron chi connectivity index (χ2n) is 5.93. The zero-order chi connectivity index (χ0) is 14.7. The molecule has 1 heterocycles. The van der Waals surface area contributed by atoms with Crippen molar-refractivity contribution in [2.75, 3.05) is 13.1 Å². The Bertz CT molecular complexity index is 452. The van der Waals surface area contributed by atoms with Gasteiger partial charge in [-0.2, -0.15) is 0 Å². The third-order valence-electron chi connectivity index (χ3n) is 4.33. The number of rotatable bonds is 4. The van der Waals surface area contributed by atoms with E-state index < -0.39 is 0 Å². The molecule has 0 radical (unpaired) electrons. The van der Waals surface area contributed by atoms with Gasteiger partial charge in [0.15, 0.2) is 0 Å². The summed E-state index contributed by atoms with van der Waals surface area (Å²) < 4.78 is 14.9. The number of nitrogens with one attached hydrogen (secondary N) is 1. The molecular weight excluding hydrogens is 319 g/mol. The Morgan fingerprint density at radius 1 is 1.50 bits per heavy atom. The molecular formula is C16H24BrFN2. The maximum absolute atomic E-state index is 14.0. The summed E-state index contributed by atoms with van der Waals surface area (Å²) >= 11 is 3.43.